The molecule has 106 valence electrons. The SMILES string of the molecule is O=C(NC1C2CCC(C2)C1C(=O)O)c1cccnc1Cl. The molecule has 0 spiro atoms. The molecule has 2 aliphatic rings. The van der Waals surface area contributed by atoms with Gasteiger partial charge in [0.05, 0.1) is 11.5 Å². The molecule has 1 amide bonds. The monoisotopic (exact) mass is 294 g/mol. The summed E-state index contributed by atoms with van der Waals surface area (Å²) in [5.74, 6) is -1.19. The number of fused-ring (bicyclic) bond motifs is 2. The number of nitrogens with zero attached hydrogens (tertiary/aromatic N) is 1. The second kappa shape index (κ2) is 5.05. The number of carbonyl (C=O) groups is 2. The maximum Gasteiger partial charge on any atom is 0.308 e. The van der Waals surface area contributed by atoms with Crippen molar-refractivity contribution in [2.45, 2.75) is 25.3 Å². The Hall–Kier alpha value is -1.62. The molecular formula is C14H15ClN2O3. The molecule has 0 saturated heterocycles. The van der Waals surface area contributed by atoms with Crippen LogP contribution >= 0.6 is 11.6 Å². The molecule has 3 rings (SSSR count). The van der Waals surface area contributed by atoms with Gasteiger partial charge in [0.2, 0.25) is 0 Å². The van der Waals surface area contributed by atoms with Crippen molar-refractivity contribution in [2.75, 3.05) is 0 Å². The molecule has 0 aromatic carbocycles. The number of nitrogens with one attached hydrogen (secondary N) is 1. The Kier molecular flexibility index (Phi) is 3.38. The molecule has 2 bridgehead atoms. The highest BCUT2D eigenvalue weighted by Crippen LogP contribution is 2.48. The molecule has 2 aliphatic carbocycles. The topological polar surface area (TPSA) is 79.3 Å². The maximum absolute atomic E-state index is 12.2. The molecule has 0 radical (unpaired) electrons. The van der Waals surface area contributed by atoms with E-state index in [1.165, 1.54) is 6.20 Å². The van der Waals surface area contributed by atoms with Crippen molar-refractivity contribution in [1.29, 1.82) is 0 Å². The van der Waals surface area contributed by atoms with Gasteiger partial charge in [0.15, 0.2) is 0 Å². The lowest BCUT2D eigenvalue weighted by molar-refractivity contribution is -0.144. The fraction of sp³-hybridized carbons (Fsp3) is 0.500. The summed E-state index contributed by atoms with van der Waals surface area (Å²) in [5.41, 5.74) is 0.293. The molecule has 5 nitrogen and oxygen atoms in total. The van der Waals surface area contributed by atoms with Crippen LogP contribution in [0.25, 0.3) is 0 Å². The fourth-order valence-electron chi connectivity index (χ4n) is 3.64. The van der Waals surface area contributed by atoms with Crippen molar-refractivity contribution < 1.29 is 14.7 Å². The number of pyridine rings is 1. The Balaban J connectivity index is 1.79. The first-order valence-electron chi connectivity index (χ1n) is 6.72. The number of amides is 1. The van der Waals surface area contributed by atoms with Gasteiger partial charge in [-0.3, -0.25) is 9.59 Å². The number of aliphatic carboxylic acids is 1. The summed E-state index contributed by atoms with van der Waals surface area (Å²) in [6.07, 6.45) is 4.33. The molecule has 2 saturated carbocycles. The number of carbonyl (C=O) groups excluding carboxylic acids is 1. The van der Waals surface area contributed by atoms with Gasteiger partial charge in [-0.05, 0) is 43.2 Å². The number of aromatic nitrogens is 1. The van der Waals surface area contributed by atoms with Gasteiger partial charge in [-0.25, -0.2) is 4.98 Å². The van der Waals surface area contributed by atoms with Gasteiger partial charge in [-0.15, -0.1) is 0 Å². The average molecular weight is 295 g/mol. The minimum absolute atomic E-state index is 0.139. The van der Waals surface area contributed by atoms with E-state index in [2.05, 4.69) is 10.3 Å². The van der Waals surface area contributed by atoms with Crippen molar-refractivity contribution >= 4 is 23.5 Å². The van der Waals surface area contributed by atoms with Gasteiger partial charge in [-0.2, -0.15) is 0 Å². The molecule has 1 heterocycles. The van der Waals surface area contributed by atoms with Crippen molar-refractivity contribution in [3.8, 4) is 0 Å². The number of halogens is 1. The summed E-state index contributed by atoms with van der Waals surface area (Å²) in [7, 11) is 0. The van der Waals surface area contributed by atoms with Gasteiger partial charge in [-0.1, -0.05) is 11.6 Å². The van der Waals surface area contributed by atoms with E-state index >= 15 is 0 Å². The third-order valence-electron chi connectivity index (χ3n) is 4.50. The summed E-state index contributed by atoms with van der Waals surface area (Å²) < 4.78 is 0. The molecule has 1 aromatic rings. The largest absolute Gasteiger partial charge is 0.481 e. The molecule has 0 aliphatic heterocycles. The van der Waals surface area contributed by atoms with E-state index < -0.39 is 11.9 Å². The molecule has 4 unspecified atom stereocenters. The Morgan fingerprint density at radius 2 is 2.10 bits per heavy atom. The zero-order valence-electron chi connectivity index (χ0n) is 10.8. The minimum atomic E-state index is -0.820. The van der Waals surface area contributed by atoms with Crippen LogP contribution in [0.4, 0.5) is 0 Å². The minimum Gasteiger partial charge on any atom is -0.481 e. The normalized spacial score (nSPS) is 31.2. The summed E-state index contributed by atoms with van der Waals surface area (Å²) in [4.78, 5) is 27.5. The molecule has 6 heteroatoms. The highest BCUT2D eigenvalue weighted by molar-refractivity contribution is 6.32. The smallest absolute Gasteiger partial charge is 0.308 e. The van der Waals surface area contributed by atoms with Crippen LogP contribution in [0.1, 0.15) is 29.6 Å². The van der Waals surface area contributed by atoms with E-state index in [9.17, 15) is 14.7 Å². The van der Waals surface area contributed by atoms with Crippen LogP contribution in [-0.2, 0) is 4.79 Å². The van der Waals surface area contributed by atoms with E-state index in [4.69, 9.17) is 11.6 Å². The third kappa shape index (κ3) is 2.16. The standard InChI is InChI=1S/C14H15ClN2O3/c15-12-9(2-1-5-16-12)13(18)17-11-8-4-3-7(6-8)10(11)14(19)20/h1-2,5,7-8,10-11H,3-4,6H2,(H,17,18)(H,19,20). The average Bonchev–Trinajstić information content (AvgIpc) is 2.99. The second-order valence-electron chi connectivity index (χ2n) is 5.54. The summed E-state index contributed by atoms with van der Waals surface area (Å²) in [5, 5.41) is 12.3. The Bertz CT molecular complexity index is 563. The van der Waals surface area contributed by atoms with E-state index in [1.54, 1.807) is 12.1 Å². The van der Waals surface area contributed by atoms with E-state index in [0.29, 0.717) is 5.56 Å². The fourth-order valence-corrected chi connectivity index (χ4v) is 3.84. The van der Waals surface area contributed by atoms with E-state index in [0.717, 1.165) is 19.3 Å². The first-order valence-corrected chi connectivity index (χ1v) is 7.10. The van der Waals surface area contributed by atoms with Crippen LogP contribution in [0.2, 0.25) is 5.15 Å². The highest BCUT2D eigenvalue weighted by Gasteiger charge is 2.51. The van der Waals surface area contributed by atoms with Crippen LogP contribution < -0.4 is 5.32 Å². The van der Waals surface area contributed by atoms with Gasteiger partial charge >= 0.3 is 5.97 Å². The number of hydrogen-bond donors (Lipinski definition) is 2. The summed E-state index contributed by atoms with van der Waals surface area (Å²) >= 11 is 5.89. The molecule has 1 aromatic heterocycles. The zero-order valence-corrected chi connectivity index (χ0v) is 11.5. The first-order chi connectivity index (χ1) is 9.58. The van der Waals surface area contributed by atoms with E-state index in [1.807, 2.05) is 0 Å². The van der Waals surface area contributed by atoms with Gasteiger partial charge in [0, 0.05) is 12.2 Å². The zero-order chi connectivity index (χ0) is 14.3. The predicted molar refractivity (Wildman–Crippen MR) is 72.5 cm³/mol. The van der Waals surface area contributed by atoms with Crippen LogP contribution in [0.15, 0.2) is 18.3 Å². The van der Waals surface area contributed by atoms with Crippen LogP contribution in [0.5, 0.6) is 0 Å². The molecular weight excluding hydrogens is 280 g/mol. The summed E-state index contributed by atoms with van der Waals surface area (Å²) in [6.45, 7) is 0. The first kappa shape index (κ1) is 13.4. The van der Waals surface area contributed by atoms with E-state index in [-0.39, 0.29) is 28.9 Å². The Morgan fingerprint density at radius 3 is 2.80 bits per heavy atom. The van der Waals surface area contributed by atoms with Crippen LogP contribution in [-0.4, -0.2) is 28.0 Å². The van der Waals surface area contributed by atoms with Gasteiger partial charge in [0.1, 0.15) is 5.15 Å². The van der Waals surface area contributed by atoms with Crippen LogP contribution in [0, 0.1) is 17.8 Å². The lowest BCUT2D eigenvalue weighted by Crippen LogP contribution is -2.46. The quantitative estimate of drug-likeness (QED) is 0.835. The summed E-state index contributed by atoms with van der Waals surface area (Å²) in [6, 6.07) is 2.93. The van der Waals surface area contributed by atoms with Gasteiger partial charge < -0.3 is 10.4 Å². The van der Waals surface area contributed by atoms with Crippen molar-refractivity contribution in [2.24, 2.45) is 17.8 Å². The lowest BCUT2D eigenvalue weighted by Gasteiger charge is -2.28. The van der Waals surface area contributed by atoms with Crippen molar-refractivity contribution in [1.82, 2.24) is 10.3 Å². The second-order valence-corrected chi connectivity index (χ2v) is 5.90. The number of rotatable bonds is 3. The highest BCUT2D eigenvalue weighted by atomic mass is 35.5. The third-order valence-corrected chi connectivity index (χ3v) is 4.80. The lowest BCUT2D eigenvalue weighted by atomic mass is 9.84. The molecule has 20 heavy (non-hydrogen) atoms. The van der Waals surface area contributed by atoms with Gasteiger partial charge in [0.25, 0.3) is 5.91 Å². The molecule has 2 fully saturated rings. The van der Waals surface area contributed by atoms with Crippen LogP contribution in [0.3, 0.4) is 0 Å². The Labute approximate surface area is 121 Å². The Morgan fingerprint density at radius 1 is 1.35 bits per heavy atom. The maximum atomic E-state index is 12.2. The van der Waals surface area contributed by atoms with Crippen molar-refractivity contribution in [3.05, 3.63) is 29.0 Å². The number of carboxylic acid groups (broad SMARTS) is 1. The van der Waals surface area contributed by atoms with Crippen molar-refractivity contribution in [3.63, 3.8) is 0 Å². The predicted octanol–water partition coefficient (Wildman–Crippen LogP) is 1.96. The molecule has 4 atom stereocenters. The molecule has 2 N–H and O–H groups in total. The number of carboxylic acids is 1. The number of hydrogen-bond acceptors (Lipinski definition) is 3.